The van der Waals surface area contributed by atoms with E-state index in [-0.39, 0.29) is 11.9 Å². The molecular weight excluding hydrogens is 318 g/mol. The van der Waals surface area contributed by atoms with Gasteiger partial charge < -0.3 is 9.64 Å². The van der Waals surface area contributed by atoms with Gasteiger partial charge >= 0.3 is 0 Å². The molecule has 3 heterocycles. The van der Waals surface area contributed by atoms with E-state index in [2.05, 4.69) is 22.2 Å². The van der Waals surface area contributed by atoms with Crippen molar-refractivity contribution in [2.75, 3.05) is 13.2 Å². The van der Waals surface area contributed by atoms with Gasteiger partial charge in [-0.15, -0.1) is 5.10 Å². The molecule has 0 unspecified atom stereocenters. The molecule has 1 fully saturated rings. The van der Waals surface area contributed by atoms with Crippen molar-refractivity contribution >= 4 is 5.91 Å². The Morgan fingerprint density at radius 1 is 1.36 bits per heavy atom. The zero-order chi connectivity index (χ0) is 17.6. The molecule has 7 heteroatoms. The number of amides is 1. The maximum Gasteiger partial charge on any atom is 0.219 e. The smallest absolute Gasteiger partial charge is 0.219 e. The van der Waals surface area contributed by atoms with Crippen molar-refractivity contribution in [2.24, 2.45) is 0 Å². The lowest BCUT2D eigenvalue weighted by Gasteiger charge is -2.39. The van der Waals surface area contributed by atoms with Crippen LogP contribution in [0.4, 0.5) is 0 Å². The van der Waals surface area contributed by atoms with E-state index in [0.29, 0.717) is 12.4 Å². The Labute approximate surface area is 148 Å². The lowest BCUT2D eigenvalue weighted by Crippen LogP contribution is -2.53. The van der Waals surface area contributed by atoms with Gasteiger partial charge in [0.1, 0.15) is 12.4 Å². The van der Waals surface area contributed by atoms with Gasteiger partial charge in [0.15, 0.2) is 0 Å². The molecule has 1 aliphatic heterocycles. The maximum absolute atomic E-state index is 11.4. The number of carbonyl (C=O) groups is 1. The Bertz CT molecular complexity index is 715. The lowest BCUT2D eigenvalue weighted by molar-refractivity contribution is -0.137. The molecule has 0 spiro atoms. The van der Waals surface area contributed by atoms with Crippen molar-refractivity contribution in [3.05, 3.63) is 30.4 Å². The van der Waals surface area contributed by atoms with Crippen LogP contribution in [-0.4, -0.2) is 50.0 Å². The first kappa shape index (κ1) is 17.4. The Morgan fingerprint density at radius 3 is 2.96 bits per heavy atom. The Balaban J connectivity index is 1.59. The Morgan fingerprint density at radius 2 is 2.24 bits per heavy atom. The average molecular weight is 343 g/mol. The van der Waals surface area contributed by atoms with Crippen molar-refractivity contribution in [1.82, 2.24) is 24.9 Å². The fourth-order valence-corrected chi connectivity index (χ4v) is 2.93. The molecule has 0 aliphatic carbocycles. The summed E-state index contributed by atoms with van der Waals surface area (Å²) in [6, 6.07) is 2.06. The fourth-order valence-electron chi connectivity index (χ4n) is 2.93. The molecule has 0 N–H and O–H groups in total. The summed E-state index contributed by atoms with van der Waals surface area (Å²) in [4.78, 5) is 17.5. The first-order valence-electron chi connectivity index (χ1n) is 8.94. The first-order chi connectivity index (χ1) is 12.2. The summed E-state index contributed by atoms with van der Waals surface area (Å²) >= 11 is 0. The predicted octanol–water partition coefficient (Wildman–Crippen LogP) is 2.39. The maximum atomic E-state index is 11.4. The highest BCUT2D eigenvalue weighted by Gasteiger charge is 2.30. The minimum atomic E-state index is 0.102. The number of unbranched alkanes of at least 4 members (excludes halogenated alkanes) is 2. The van der Waals surface area contributed by atoms with E-state index in [1.54, 1.807) is 24.0 Å². The summed E-state index contributed by atoms with van der Waals surface area (Å²) in [6.07, 6.45) is 10.8. The minimum Gasteiger partial charge on any atom is -0.490 e. The number of hydrogen-bond acceptors (Lipinski definition) is 5. The highest BCUT2D eigenvalue weighted by Crippen LogP contribution is 2.20. The molecule has 2 aromatic heterocycles. The van der Waals surface area contributed by atoms with Crippen molar-refractivity contribution in [3.8, 4) is 11.4 Å². The van der Waals surface area contributed by atoms with Gasteiger partial charge in [0.05, 0.1) is 36.0 Å². The second kappa shape index (κ2) is 8.09. The van der Waals surface area contributed by atoms with Crippen LogP contribution in [0.5, 0.6) is 5.75 Å². The Hall–Kier alpha value is -2.44. The molecule has 2 aromatic rings. The van der Waals surface area contributed by atoms with Crippen molar-refractivity contribution in [1.29, 1.82) is 0 Å². The minimum absolute atomic E-state index is 0.102. The van der Waals surface area contributed by atoms with Gasteiger partial charge in [0.2, 0.25) is 5.91 Å². The standard InChI is InChI=1S/C18H25N5O2/c1-3-4-5-6-15-12-23(21-20-15)17-9-18(11-19-10-17)25-13-16-7-8-22(16)14(2)24/h9-12,16H,3-8,13H2,1-2H3/t16-/m0/s1. The molecule has 3 rings (SSSR count). The third-order valence-corrected chi connectivity index (χ3v) is 4.53. The van der Waals surface area contributed by atoms with Gasteiger partial charge in [0, 0.05) is 19.5 Å². The summed E-state index contributed by atoms with van der Waals surface area (Å²) in [5.41, 5.74) is 1.81. The van der Waals surface area contributed by atoms with Gasteiger partial charge in [-0.2, -0.15) is 0 Å². The molecule has 1 atom stereocenters. The fraction of sp³-hybridized carbons (Fsp3) is 0.556. The van der Waals surface area contributed by atoms with Crippen molar-refractivity contribution in [2.45, 2.75) is 52.0 Å². The number of rotatable bonds is 8. The molecule has 1 saturated heterocycles. The number of nitrogens with zero attached hydrogens (tertiary/aromatic N) is 5. The van der Waals surface area contributed by atoms with Gasteiger partial charge in [-0.3, -0.25) is 9.78 Å². The highest BCUT2D eigenvalue weighted by molar-refractivity contribution is 5.74. The molecule has 0 saturated carbocycles. The van der Waals surface area contributed by atoms with Gasteiger partial charge in [-0.25, -0.2) is 4.68 Å². The van der Waals surface area contributed by atoms with Gasteiger partial charge in [0.25, 0.3) is 0 Å². The molecule has 0 aromatic carbocycles. The summed E-state index contributed by atoms with van der Waals surface area (Å²) in [6.45, 7) is 5.09. The van der Waals surface area contributed by atoms with E-state index >= 15 is 0 Å². The van der Waals surface area contributed by atoms with Crippen LogP contribution in [0.3, 0.4) is 0 Å². The van der Waals surface area contributed by atoms with E-state index in [9.17, 15) is 4.79 Å². The molecule has 7 nitrogen and oxygen atoms in total. The number of ether oxygens (including phenoxy) is 1. The zero-order valence-corrected chi connectivity index (χ0v) is 14.9. The van der Waals surface area contributed by atoms with E-state index in [4.69, 9.17) is 4.74 Å². The van der Waals surface area contributed by atoms with E-state index in [1.807, 2.05) is 17.2 Å². The molecule has 25 heavy (non-hydrogen) atoms. The number of aryl methyl sites for hydroxylation is 1. The topological polar surface area (TPSA) is 73.1 Å². The average Bonchev–Trinajstić information content (AvgIpc) is 3.03. The molecule has 1 aliphatic rings. The van der Waals surface area contributed by atoms with Crippen molar-refractivity contribution < 1.29 is 9.53 Å². The van der Waals surface area contributed by atoms with Crippen LogP contribution in [0.1, 0.15) is 45.2 Å². The van der Waals surface area contributed by atoms with Crippen LogP contribution in [0.25, 0.3) is 5.69 Å². The van der Waals surface area contributed by atoms with Crippen LogP contribution in [0.15, 0.2) is 24.7 Å². The van der Waals surface area contributed by atoms with Crippen LogP contribution >= 0.6 is 0 Å². The van der Waals surface area contributed by atoms with E-state index in [1.165, 1.54) is 12.8 Å². The van der Waals surface area contributed by atoms with E-state index in [0.717, 1.165) is 37.2 Å². The summed E-state index contributed by atoms with van der Waals surface area (Å²) in [5, 5.41) is 8.40. The zero-order valence-electron chi connectivity index (χ0n) is 14.9. The second-order valence-electron chi connectivity index (χ2n) is 6.46. The monoisotopic (exact) mass is 343 g/mol. The third kappa shape index (κ3) is 4.35. The third-order valence-electron chi connectivity index (χ3n) is 4.53. The van der Waals surface area contributed by atoms with Gasteiger partial charge in [-0.1, -0.05) is 25.0 Å². The number of pyridine rings is 1. The van der Waals surface area contributed by atoms with Crippen LogP contribution in [0, 0.1) is 0 Å². The van der Waals surface area contributed by atoms with Crippen LogP contribution in [0.2, 0.25) is 0 Å². The largest absolute Gasteiger partial charge is 0.490 e. The number of hydrogen-bond donors (Lipinski definition) is 0. The lowest BCUT2D eigenvalue weighted by atomic mass is 10.0. The highest BCUT2D eigenvalue weighted by atomic mass is 16.5. The first-order valence-corrected chi connectivity index (χ1v) is 8.94. The number of aromatic nitrogens is 4. The second-order valence-corrected chi connectivity index (χ2v) is 6.46. The van der Waals surface area contributed by atoms with Crippen molar-refractivity contribution in [3.63, 3.8) is 0 Å². The molecule has 134 valence electrons. The normalized spacial score (nSPS) is 16.6. The predicted molar refractivity (Wildman–Crippen MR) is 93.7 cm³/mol. The molecule has 0 radical (unpaired) electrons. The Kier molecular flexibility index (Phi) is 5.63. The molecule has 1 amide bonds. The SMILES string of the molecule is CCCCCc1cn(-c2cncc(OC[C@@H]3CCN3C(C)=O)c2)nn1. The summed E-state index contributed by atoms with van der Waals surface area (Å²) in [5.74, 6) is 0.779. The summed E-state index contributed by atoms with van der Waals surface area (Å²) in [7, 11) is 0. The molecule has 0 bridgehead atoms. The quantitative estimate of drug-likeness (QED) is 0.688. The van der Waals surface area contributed by atoms with Crippen LogP contribution in [-0.2, 0) is 11.2 Å². The number of likely N-dealkylation sites (tertiary alicyclic amines) is 1. The van der Waals surface area contributed by atoms with Gasteiger partial charge in [-0.05, 0) is 19.3 Å². The summed E-state index contributed by atoms with van der Waals surface area (Å²) < 4.78 is 7.55. The molecular formula is C18H25N5O2. The number of carbonyl (C=O) groups excluding carboxylic acids is 1. The van der Waals surface area contributed by atoms with E-state index < -0.39 is 0 Å². The van der Waals surface area contributed by atoms with Crippen LogP contribution < -0.4 is 4.74 Å².